The molecule has 1 atom stereocenters. The van der Waals surface area contributed by atoms with Crippen LogP contribution in [0.5, 0.6) is 17.2 Å². The summed E-state index contributed by atoms with van der Waals surface area (Å²) in [4.78, 5) is 26.8. The number of benzene rings is 2. The van der Waals surface area contributed by atoms with Crippen molar-refractivity contribution in [3.8, 4) is 17.2 Å². The topological polar surface area (TPSA) is 77.1 Å². The first-order valence-corrected chi connectivity index (χ1v) is 10.8. The Labute approximate surface area is 183 Å². The van der Waals surface area contributed by atoms with Crippen LogP contribution in [0.3, 0.4) is 0 Å². The molecular formula is C24H30N2O5. The number of carbonyl (C=O) groups excluding carboxylic acids is 2. The zero-order chi connectivity index (χ0) is 22.2. The molecule has 166 valence electrons. The molecule has 0 radical (unpaired) electrons. The Kier molecular flexibility index (Phi) is 7.76. The molecule has 0 saturated carbocycles. The number of fused-ring (bicyclic) bond motifs is 1. The highest BCUT2D eigenvalue weighted by Gasteiger charge is 2.34. The van der Waals surface area contributed by atoms with Gasteiger partial charge in [-0.2, -0.15) is 0 Å². The third-order valence-electron chi connectivity index (χ3n) is 4.98. The van der Waals surface area contributed by atoms with Gasteiger partial charge in [0.15, 0.2) is 17.6 Å². The quantitative estimate of drug-likeness (QED) is 0.631. The van der Waals surface area contributed by atoms with E-state index in [-0.39, 0.29) is 18.4 Å². The van der Waals surface area contributed by atoms with Crippen LogP contribution in [0.15, 0.2) is 42.5 Å². The normalized spacial score (nSPS) is 15.1. The van der Waals surface area contributed by atoms with Gasteiger partial charge in [-0.1, -0.05) is 25.1 Å². The minimum atomic E-state index is -0.566. The Balaban J connectivity index is 1.59. The Morgan fingerprint density at radius 2 is 1.81 bits per heavy atom. The van der Waals surface area contributed by atoms with Crippen molar-refractivity contribution in [3.05, 3.63) is 48.0 Å². The van der Waals surface area contributed by atoms with Crippen molar-refractivity contribution in [1.82, 2.24) is 5.32 Å². The second-order valence-corrected chi connectivity index (χ2v) is 7.15. The highest BCUT2D eigenvalue weighted by molar-refractivity contribution is 6.03. The second-order valence-electron chi connectivity index (χ2n) is 7.15. The fourth-order valence-corrected chi connectivity index (χ4v) is 3.49. The molecule has 1 N–H and O–H groups in total. The van der Waals surface area contributed by atoms with E-state index in [4.69, 9.17) is 14.2 Å². The first-order chi connectivity index (χ1) is 15.1. The lowest BCUT2D eigenvalue weighted by Crippen LogP contribution is -2.49. The van der Waals surface area contributed by atoms with Gasteiger partial charge in [0.2, 0.25) is 5.91 Å². The number of anilines is 1. The molecule has 2 aromatic rings. The molecule has 31 heavy (non-hydrogen) atoms. The molecule has 0 spiro atoms. The number of amides is 2. The summed E-state index contributed by atoms with van der Waals surface area (Å²) in [5.74, 6) is 1.64. The van der Waals surface area contributed by atoms with Crippen LogP contribution in [0.1, 0.15) is 32.8 Å². The van der Waals surface area contributed by atoms with E-state index in [0.29, 0.717) is 55.5 Å². The molecule has 3 rings (SSSR count). The lowest BCUT2D eigenvalue weighted by atomic mass is 10.1. The second kappa shape index (κ2) is 10.7. The van der Waals surface area contributed by atoms with E-state index in [9.17, 15) is 9.59 Å². The standard InChI is InChI=1S/C24H30N2O5/c1-4-19-24(28)26(18-9-7-8-10-20(18)31-19)16-23(27)25-14-13-17-11-12-21(29-5-2)22(15-17)30-6-3/h7-12,15,19H,4-6,13-14,16H2,1-3H3,(H,25,27)/t19-/m0/s1. The van der Waals surface area contributed by atoms with Crippen molar-refractivity contribution in [1.29, 1.82) is 0 Å². The molecule has 7 heteroatoms. The van der Waals surface area contributed by atoms with Gasteiger partial charge in [-0.3, -0.25) is 14.5 Å². The summed E-state index contributed by atoms with van der Waals surface area (Å²) in [6, 6.07) is 13.1. The molecular weight excluding hydrogens is 396 g/mol. The minimum absolute atomic E-state index is 0.0385. The van der Waals surface area contributed by atoms with Gasteiger partial charge in [-0.25, -0.2) is 0 Å². The van der Waals surface area contributed by atoms with Gasteiger partial charge in [0.25, 0.3) is 5.91 Å². The summed E-state index contributed by atoms with van der Waals surface area (Å²) in [6.07, 6.45) is 0.623. The molecule has 1 aliphatic heterocycles. The highest BCUT2D eigenvalue weighted by atomic mass is 16.5. The van der Waals surface area contributed by atoms with Gasteiger partial charge in [0, 0.05) is 6.54 Å². The lowest BCUT2D eigenvalue weighted by Gasteiger charge is -2.33. The minimum Gasteiger partial charge on any atom is -0.490 e. The molecule has 0 bridgehead atoms. The van der Waals surface area contributed by atoms with Crippen LogP contribution in [-0.4, -0.2) is 44.2 Å². The first-order valence-electron chi connectivity index (χ1n) is 10.8. The van der Waals surface area contributed by atoms with Crippen LogP contribution in [0.4, 0.5) is 5.69 Å². The zero-order valence-corrected chi connectivity index (χ0v) is 18.3. The number of hydrogen-bond acceptors (Lipinski definition) is 5. The highest BCUT2D eigenvalue weighted by Crippen LogP contribution is 2.34. The van der Waals surface area contributed by atoms with Crippen LogP contribution >= 0.6 is 0 Å². The summed E-state index contributed by atoms with van der Waals surface area (Å²) >= 11 is 0. The van der Waals surface area contributed by atoms with Crippen LogP contribution in [-0.2, 0) is 16.0 Å². The van der Waals surface area contributed by atoms with Crippen molar-refractivity contribution in [2.24, 2.45) is 0 Å². The lowest BCUT2D eigenvalue weighted by molar-refractivity contribution is -0.129. The Bertz CT molecular complexity index is 915. The maximum atomic E-state index is 12.7. The fourth-order valence-electron chi connectivity index (χ4n) is 3.49. The molecule has 0 fully saturated rings. The number of nitrogens with one attached hydrogen (secondary N) is 1. The number of nitrogens with zero attached hydrogens (tertiary/aromatic N) is 1. The van der Waals surface area contributed by atoms with Crippen molar-refractivity contribution >= 4 is 17.5 Å². The van der Waals surface area contributed by atoms with Gasteiger partial charge >= 0.3 is 0 Å². The van der Waals surface area contributed by atoms with Crippen molar-refractivity contribution < 1.29 is 23.8 Å². The maximum Gasteiger partial charge on any atom is 0.268 e. The average molecular weight is 427 g/mol. The summed E-state index contributed by atoms with van der Waals surface area (Å²) in [5.41, 5.74) is 1.66. The van der Waals surface area contributed by atoms with E-state index in [2.05, 4.69) is 5.32 Å². The molecule has 0 aromatic heterocycles. The Morgan fingerprint density at radius 3 is 2.55 bits per heavy atom. The molecule has 0 unspecified atom stereocenters. The average Bonchev–Trinajstić information content (AvgIpc) is 2.77. The monoisotopic (exact) mass is 426 g/mol. The van der Waals surface area contributed by atoms with Crippen molar-refractivity contribution in [2.75, 3.05) is 31.2 Å². The first kappa shape index (κ1) is 22.5. The summed E-state index contributed by atoms with van der Waals surface area (Å²) in [6.45, 7) is 7.28. The van der Waals surface area contributed by atoms with Crippen LogP contribution < -0.4 is 24.4 Å². The Hall–Kier alpha value is -3.22. The van der Waals surface area contributed by atoms with Crippen LogP contribution in [0.25, 0.3) is 0 Å². The molecule has 0 aliphatic carbocycles. The number of carbonyl (C=O) groups is 2. The van der Waals surface area contributed by atoms with Crippen LogP contribution in [0.2, 0.25) is 0 Å². The molecule has 2 amide bonds. The third kappa shape index (κ3) is 5.48. The summed E-state index contributed by atoms with van der Waals surface area (Å²) in [7, 11) is 0. The zero-order valence-electron chi connectivity index (χ0n) is 18.3. The summed E-state index contributed by atoms with van der Waals surface area (Å²) < 4.78 is 17.0. The molecule has 0 saturated heterocycles. The van der Waals surface area contributed by atoms with E-state index in [0.717, 1.165) is 5.56 Å². The predicted molar refractivity (Wildman–Crippen MR) is 119 cm³/mol. The van der Waals surface area contributed by atoms with E-state index in [1.807, 2.05) is 57.2 Å². The van der Waals surface area contributed by atoms with Gasteiger partial charge in [-0.05, 0) is 56.5 Å². The SMILES string of the molecule is CCOc1ccc(CCNC(=O)CN2C(=O)[C@H](CC)Oc3ccccc32)cc1OCC. The number of rotatable bonds is 10. The van der Waals surface area contributed by atoms with E-state index in [1.54, 1.807) is 6.07 Å². The van der Waals surface area contributed by atoms with Crippen LogP contribution in [0, 0.1) is 0 Å². The fraction of sp³-hybridized carbons (Fsp3) is 0.417. The Morgan fingerprint density at radius 1 is 1.06 bits per heavy atom. The van der Waals surface area contributed by atoms with E-state index in [1.165, 1.54) is 4.90 Å². The van der Waals surface area contributed by atoms with E-state index >= 15 is 0 Å². The molecule has 1 heterocycles. The van der Waals surface area contributed by atoms with Gasteiger partial charge in [-0.15, -0.1) is 0 Å². The molecule has 2 aromatic carbocycles. The number of hydrogen-bond donors (Lipinski definition) is 1. The van der Waals surface area contributed by atoms with Gasteiger partial charge < -0.3 is 19.5 Å². The van der Waals surface area contributed by atoms with E-state index < -0.39 is 6.10 Å². The maximum absolute atomic E-state index is 12.7. The largest absolute Gasteiger partial charge is 0.490 e. The number of para-hydroxylation sites is 2. The predicted octanol–water partition coefficient (Wildman–Crippen LogP) is 3.35. The number of ether oxygens (including phenoxy) is 3. The third-order valence-corrected chi connectivity index (χ3v) is 4.98. The van der Waals surface area contributed by atoms with Crippen molar-refractivity contribution in [2.45, 2.75) is 39.7 Å². The molecule has 1 aliphatic rings. The van der Waals surface area contributed by atoms with Gasteiger partial charge in [0.1, 0.15) is 12.3 Å². The smallest absolute Gasteiger partial charge is 0.268 e. The van der Waals surface area contributed by atoms with Gasteiger partial charge in [0.05, 0.1) is 18.9 Å². The summed E-state index contributed by atoms with van der Waals surface area (Å²) in [5, 5.41) is 2.91. The van der Waals surface area contributed by atoms with Crippen molar-refractivity contribution in [3.63, 3.8) is 0 Å². The molecule has 7 nitrogen and oxygen atoms in total.